The molecule has 0 atom stereocenters. The van der Waals surface area contributed by atoms with Crippen LogP contribution in [0.2, 0.25) is 0 Å². The lowest BCUT2D eigenvalue weighted by Crippen LogP contribution is -2.38. The van der Waals surface area contributed by atoms with Crippen molar-refractivity contribution in [2.24, 2.45) is 0 Å². The highest BCUT2D eigenvalue weighted by Gasteiger charge is 2.30. The summed E-state index contributed by atoms with van der Waals surface area (Å²) < 4.78 is 41.0. The molecule has 0 radical (unpaired) electrons. The van der Waals surface area contributed by atoms with Gasteiger partial charge in [-0.1, -0.05) is 60.7 Å². The van der Waals surface area contributed by atoms with Crippen molar-refractivity contribution in [2.75, 3.05) is 18.4 Å². The zero-order chi connectivity index (χ0) is 30.5. The van der Waals surface area contributed by atoms with Crippen LogP contribution in [0.15, 0.2) is 97.2 Å². The van der Waals surface area contributed by atoms with Crippen molar-refractivity contribution >= 4 is 22.6 Å². The molecule has 0 spiro atoms. The number of carbonyl (C=O) groups is 1. The molecule has 3 aromatic carbocycles. The van der Waals surface area contributed by atoms with Crippen LogP contribution in [-0.4, -0.2) is 44.7 Å². The van der Waals surface area contributed by atoms with E-state index in [-0.39, 0.29) is 18.9 Å². The number of benzene rings is 3. The SMILES string of the molecule is O=C(Cc1cn(-c2ccc(NC3CCN(Cc4ccccc4)CC3)nn2)c2ccccc12)NCc1cccc(C(F)(F)F)c1. The van der Waals surface area contributed by atoms with Crippen LogP contribution in [0, 0.1) is 0 Å². The maximum Gasteiger partial charge on any atom is 0.416 e. The number of alkyl halides is 3. The summed E-state index contributed by atoms with van der Waals surface area (Å²) in [5, 5.41) is 16.1. The summed E-state index contributed by atoms with van der Waals surface area (Å²) in [4.78, 5) is 15.3. The average molecular weight is 599 g/mol. The number of halogens is 3. The second-order valence-corrected chi connectivity index (χ2v) is 11.2. The molecule has 1 fully saturated rings. The molecule has 44 heavy (non-hydrogen) atoms. The number of aromatic nitrogens is 3. The first-order chi connectivity index (χ1) is 21.3. The van der Waals surface area contributed by atoms with Crippen LogP contribution in [0.5, 0.6) is 0 Å². The van der Waals surface area contributed by atoms with Gasteiger partial charge in [0.2, 0.25) is 5.91 Å². The molecule has 6 rings (SSSR count). The van der Waals surface area contributed by atoms with Crippen molar-refractivity contribution in [1.82, 2.24) is 25.0 Å². The van der Waals surface area contributed by atoms with E-state index in [1.54, 1.807) is 6.07 Å². The molecule has 5 aromatic rings. The van der Waals surface area contributed by atoms with Gasteiger partial charge in [0.1, 0.15) is 5.82 Å². The minimum absolute atomic E-state index is 0.00733. The van der Waals surface area contributed by atoms with Gasteiger partial charge in [0.25, 0.3) is 0 Å². The summed E-state index contributed by atoms with van der Waals surface area (Å²) in [6, 6.07) is 27.4. The maximum absolute atomic E-state index is 13.0. The molecule has 0 bridgehead atoms. The van der Waals surface area contributed by atoms with Crippen LogP contribution in [0.3, 0.4) is 0 Å². The van der Waals surface area contributed by atoms with Crippen molar-refractivity contribution in [3.63, 3.8) is 0 Å². The number of piperidine rings is 1. The summed E-state index contributed by atoms with van der Waals surface area (Å²) >= 11 is 0. The second kappa shape index (κ2) is 12.9. The molecule has 0 saturated carbocycles. The fourth-order valence-electron chi connectivity index (χ4n) is 5.69. The number of nitrogens with zero attached hydrogens (tertiary/aromatic N) is 4. The Morgan fingerprint density at radius 3 is 2.36 bits per heavy atom. The molecule has 10 heteroatoms. The van der Waals surface area contributed by atoms with Crippen molar-refractivity contribution in [2.45, 2.75) is 44.6 Å². The van der Waals surface area contributed by atoms with Crippen molar-refractivity contribution in [3.8, 4) is 5.82 Å². The summed E-state index contributed by atoms with van der Waals surface area (Å²) in [6.07, 6.45) is -0.439. The van der Waals surface area contributed by atoms with Crippen LogP contribution < -0.4 is 10.6 Å². The Morgan fingerprint density at radius 2 is 1.61 bits per heavy atom. The quantitative estimate of drug-likeness (QED) is 0.206. The van der Waals surface area contributed by atoms with Crippen molar-refractivity contribution in [1.29, 1.82) is 0 Å². The van der Waals surface area contributed by atoms with Crippen LogP contribution >= 0.6 is 0 Å². The third kappa shape index (κ3) is 7.08. The van der Waals surface area contributed by atoms with Gasteiger partial charge in [-0.3, -0.25) is 14.3 Å². The van der Waals surface area contributed by atoms with Crippen LogP contribution in [0.1, 0.15) is 35.1 Å². The van der Waals surface area contributed by atoms with Gasteiger partial charge in [-0.05, 0) is 59.9 Å². The van der Waals surface area contributed by atoms with E-state index in [0.29, 0.717) is 17.4 Å². The number of likely N-dealkylation sites (tertiary alicyclic amines) is 1. The van der Waals surface area contributed by atoms with Gasteiger partial charge in [0.05, 0.1) is 17.5 Å². The smallest absolute Gasteiger partial charge is 0.366 e. The fraction of sp³-hybridized carbons (Fsp3) is 0.265. The van der Waals surface area contributed by atoms with Gasteiger partial charge in [-0.2, -0.15) is 13.2 Å². The molecule has 7 nitrogen and oxygen atoms in total. The maximum atomic E-state index is 13.0. The van der Waals surface area contributed by atoms with Gasteiger partial charge < -0.3 is 10.6 Å². The summed E-state index contributed by atoms with van der Waals surface area (Å²) in [5.41, 5.74) is 2.65. The number of amides is 1. The van der Waals surface area contributed by atoms with Gasteiger partial charge in [0, 0.05) is 43.8 Å². The minimum Gasteiger partial charge on any atom is -0.366 e. The van der Waals surface area contributed by atoms with E-state index in [2.05, 4.69) is 50.0 Å². The molecule has 2 aromatic heterocycles. The lowest BCUT2D eigenvalue weighted by molar-refractivity contribution is -0.137. The zero-order valence-corrected chi connectivity index (χ0v) is 24.1. The number of fused-ring (bicyclic) bond motifs is 1. The van der Waals surface area contributed by atoms with E-state index in [1.807, 2.05) is 53.2 Å². The Balaban J connectivity index is 1.07. The molecule has 226 valence electrons. The van der Waals surface area contributed by atoms with Gasteiger partial charge in [-0.25, -0.2) is 0 Å². The summed E-state index contributed by atoms with van der Waals surface area (Å²) in [5.74, 6) is 1.06. The van der Waals surface area contributed by atoms with Crippen molar-refractivity contribution in [3.05, 3.63) is 119 Å². The van der Waals surface area contributed by atoms with E-state index >= 15 is 0 Å². The molecule has 2 N–H and O–H groups in total. The molecule has 3 heterocycles. The van der Waals surface area contributed by atoms with Gasteiger partial charge in [0.15, 0.2) is 5.82 Å². The second-order valence-electron chi connectivity index (χ2n) is 11.2. The molecular weight excluding hydrogens is 565 g/mol. The molecule has 1 aliphatic heterocycles. The Hall–Kier alpha value is -4.70. The van der Waals surface area contributed by atoms with E-state index in [9.17, 15) is 18.0 Å². The van der Waals surface area contributed by atoms with Crippen molar-refractivity contribution < 1.29 is 18.0 Å². The van der Waals surface area contributed by atoms with Gasteiger partial charge >= 0.3 is 6.18 Å². The number of anilines is 1. The van der Waals surface area contributed by atoms with E-state index in [4.69, 9.17) is 0 Å². The lowest BCUT2D eigenvalue weighted by Gasteiger charge is -2.32. The first-order valence-electron chi connectivity index (χ1n) is 14.7. The number of para-hydroxylation sites is 1. The summed E-state index contributed by atoms with van der Waals surface area (Å²) in [6.45, 7) is 3.01. The number of hydrogen-bond donors (Lipinski definition) is 2. The van der Waals surface area contributed by atoms with Crippen LogP contribution in [0.25, 0.3) is 16.7 Å². The largest absolute Gasteiger partial charge is 0.416 e. The molecule has 1 amide bonds. The minimum atomic E-state index is -4.43. The highest BCUT2D eigenvalue weighted by molar-refractivity contribution is 5.90. The fourth-order valence-corrected chi connectivity index (χ4v) is 5.69. The molecule has 1 saturated heterocycles. The zero-order valence-electron chi connectivity index (χ0n) is 24.1. The summed E-state index contributed by atoms with van der Waals surface area (Å²) in [7, 11) is 0. The molecule has 0 unspecified atom stereocenters. The number of nitrogens with one attached hydrogen (secondary N) is 2. The lowest BCUT2D eigenvalue weighted by atomic mass is 10.0. The normalized spacial score (nSPS) is 14.5. The Morgan fingerprint density at radius 1 is 0.864 bits per heavy atom. The highest BCUT2D eigenvalue weighted by atomic mass is 19.4. The Kier molecular flexibility index (Phi) is 8.60. The Bertz CT molecular complexity index is 1710. The molecule has 1 aliphatic rings. The van der Waals surface area contributed by atoms with E-state index < -0.39 is 11.7 Å². The van der Waals surface area contributed by atoms with Gasteiger partial charge in [-0.15, -0.1) is 10.2 Å². The average Bonchev–Trinajstić information content (AvgIpc) is 3.40. The highest BCUT2D eigenvalue weighted by Crippen LogP contribution is 2.30. The number of hydrogen-bond acceptors (Lipinski definition) is 5. The van der Waals surface area contributed by atoms with E-state index in [1.165, 1.54) is 11.6 Å². The number of rotatable bonds is 9. The van der Waals surface area contributed by atoms with E-state index in [0.717, 1.165) is 66.9 Å². The third-order valence-electron chi connectivity index (χ3n) is 7.98. The monoisotopic (exact) mass is 598 g/mol. The Labute approximate surface area is 253 Å². The first kappa shape index (κ1) is 29.4. The van der Waals surface area contributed by atoms with Crippen LogP contribution in [-0.2, 0) is 30.5 Å². The standard InChI is InChI=1S/C34H33F3N6O/c35-34(36,37)27-10-6-9-25(19-27)21-38-33(44)20-26-23-43(30-12-5-4-11-29(26)30)32-14-13-31(40-41-32)39-28-15-17-42(18-16-28)22-24-7-2-1-3-8-24/h1-14,19,23,28H,15-18,20-22H2,(H,38,44)(H,39,40). The first-order valence-corrected chi connectivity index (χ1v) is 14.7. The topological polar surface area (TPSA) is 75.1 Å². The number of carbonyl (C=O) groups excluding carboxylic acids is 1. The predicted octanol–water partition coefficient (Wildman–Crippen LogP) is 6.37. The predicted molar refractivity (Wildman–Crippen MR) is 164 cm³/mol. The third-order valence-corrected chi connectivity index (χ3v) is 7.98. The van der Waals surface area contributed by atoms with Crippen LogP contribution in [0.4, 0.5) is 19.0 Å². The molecular formula is C34H33F3N6O. The molecule has 0 aliphatic carbocycles.